The van der Waals surface area contributed by atoms with Crippen LogP contribution in [0.3, 0.4) is 0 Å². The van der Waals surface area contributed by atoms with Crippen molar-refractivity contribution in [1.82, 2.24) is 5.32 Å². The predicted octanol–water partition coefficient (Wildman–Crippen LogP) is 2.56. The van der Waals surface area contributed by atoms with Gasteiger partial charge in [-0.05, 0) is 30.5 Å². The summed E-state index contributed by atoms with van der Waals surface area (Å²) in [5.74, 6) is 1.70. The van der Waals surface area contributed by atoms with Crippen molar-refractivity contribution in [3.05, 3.63) is 48.3 Å². The van der Waals surface area contributed by atoms with Crippen LogP contribution in [-0.2, 0) is 18.3 Å². The van der Waals surface area contributed by atoms with Gasteiger partial charge in [0.15, 0.2) is 30.5 Å². The van der Waals surface area contributed by atoms with E-state index in [2.05, 4.69) is 12.2 Å². The summed E-state index contributed by atoms with van der Waals surface area (Å²) in [5.41, 5.74) is 1.18. The molecule has 1 aromatic heterocycles. The van der Waals surface area contributed by atoms with E-state index in [0.29, 0.717) is 24.7 Å². The van der Waals surface area contributed by atoms with Crippen LogP contribution in [-0.4, -0.2) is 32.8 Å². The summed E-state index contributed by atoms with van der Waals surface area (Å²) >= 11 is 0. The highest BCUT2D eigenvalue weighted by molar-refractivity contribution is 5.77. The molecule has 202 valence electrons. The number of halogens is 1. The van der Waals surface area contributed by atoms with Crippen molar-refractivity contribution in [2.24, 2.45) is 7.05 Å². The van der Waals surface area contributed by atoms with Gasteiger partial charge in [0.05, 0.1) is 13.7 Å². The number of amides is 1. The van der Waals surface area contributed by atoms with Crippen LogP contribution < -0.4 is 48.1 Å². The van der Waals surface area contributed by atoms with Crippen molar-refractivity contribution in [1.29, 1.82) is 0 Å². The number of hydrogen-bond donors (Lipinski definition) is 1. The van der Waals surface area contributed by atoms with E-state index in [1.807, 2.05) is 48.3 Å². The van der Waals surface area contributed by atoms with Gasteiger partial charge in [0.25, 0.3) is 5.91 Å². The summed E-state index contributed by atoms with van der Waals surface area (Å²) in [4.78, 5) is 12.1. The van der Waals surface area contributed by atoms with E-state index in [4.69, 9.17) is 14.2 Å². The first-order valence-corrected chi connectivity index (χ1v) is 13.3. The van der Waals surface area contributed by atoms with Crippen molar-refractivity contribution >= 4 is 5.91 Å². The topological polar surface area (TPSA) is 60.7 Å². The molecule has 0 unspecified atom stereocenters. The number of hydrogen-bond acceptors (Lipinski definition) is 4. The second-order valence-electron chi connectivity index (χ2n) is 9.10. The quantitative estimate of drug-likeness (QED) is 0.151. The van der Waals surface area contributed by atoms with Crippen LogP contribution in [0.2, 0.25) is 0 Å². The summed E-state index contributed by atoms with van der Waals surface area (Å²) < 4.78 is 19.0. The maximum atomic E-state index is 12.1. The number of aromatic nitrogens is 1. The number of aryl methyl sites for hydroxylation is 1. The molecule has 1 aromatic carbocycles. The number of methoxy groups -OCH3 is 1. The highest BCUT2D eigenvalue weighted by Crippen LogP contribution is 2.31. The number of nitrogens with zero attached hydrogens (tertiary/aromatic N) is 1. The van der Waals surface area contributed by atoms with Crippen LogP contribution in [0.4, 0.5) is 0 Å². The standard InChI is InChI=1S/C29H44N2O4.HI/c1-4-5-6-7-8-9-10-11-12-13-22-34-26-14-15-27(28(23-26)33-3)35-24-29(32)30-19-16-25-17-20-31(2)21-18-25;/h14-15,17-18,20-21,23H,4-13,16,19,22,24H2,1-3H3;1H. The van der Waals surface area contributed by atoms with Gasteiger partial charge in [-0.2, -0.15) is 0 Å². The molecule has 7 heteroatoms. The first kappa shape index (κ1) is 32.0. The van der Waals surface area contributed by atoms with Gasteiger partial charge in [0, 0.05) is 24.7 Å². The van der Waals surface area contributed by atoms with Crippen molar-refractivity contribution < 1.29 is 47.5 Å². The third kappa shape index (κ3) is 13.9. The van der Waals surface area contributed by atoms with E-state index in [1.165, 1.54) is 63.4 Å². The fourth-order valence-corrected chi connectivity index (χ4v) is 3.88. The predicted molar refractivity (Wildman–Crippen MR) is 140 cm³/mol. The summed E-state index contributed by atoms with van der Waals surface area (Å²) in [6.45, 7) is 3.47. The molecule has 2 rings (SSSR count). The van der Waals surface area contributed by atoms with Crippen LogP contribution in [0.1, 0.15) is 76.7 Å². The largest absolute Gasteiger partial charge is 1.00 e. The molecule has 0 saturated carbocycles. The molecule has 36 heavy (non-hydrogen) atoms. The molecule has 0 aliphatic heterocycles. The Morgan fingerprint density at radius 2 is 1.50 bits per heavy atom. The summed E-state index contributed by atoms with van der Waals surface area (Å²) in [5, 5.41) is 2.89. The lowest BCUT2D eigenvalue weighted by atomic mass is 10.1. The fraction of sp³-hybridized carbons (Fsp3) is 0.586. The number of benzene rings is 1. The highest BCUT2D eigenvalue weighted by Gasteiger charge is 2.09. The van der Waals surface area contributed by atoms with Gasteiger partial charge < -0.3 is 43.5 Å². The Kier molecular flexibility index (Phi) is 17.8. The molecule has 0 atom stereocenters. The number of nitrogens with one attached hydrogen (secondary N) is 1. The SMILES string of the molecule is CCCCCCCCCCCCOc1ccc(OCC(=O)NCCc2cc[n+](C)cc2)c(OC)c1.[I-]. The Balaban J connectivity index is 0.00000648. The number of carbonyl (C=O) groups is 1. The van der Waals surface area contributed by atoms with Gasteiger partial charge in [-0.1, -0.05) is 64.7 Å². The minimum Gasteiger partial charge on any atom is -1.00 e. The lowest BCUT2D eigenvalue weighted by Crippen LogP contribution is -3.00. The van der Waals surface area contributed by atoms with E-state index >= 15 is 0 Å². The Morgan fingerprint density at radius 3 is 2.14 bits per heavy atom. The lowest BCUT2D eigenvalue weighted by molar-refractivity contribution is -0.671. The maximum absolute atomic E-state index is 12.1. The van der Waals surface area contributed by atoms with Crippen molar-refractivity contribution in [3.63, 3.8) is 0 Å². The van der Waals surface area contributed by atoms with Crippen LogP contribution in [0.5, 0.6) is 17.2 Å². The molecule has 0 spiro atoms. The van der Waals surface area contributed by atoms with Gasteiger partial charge in [0.2, 0.25) is 0 Å². The minimum absolute atomic E-state index is 0. The average molecular weight is 613 g/mol. The number of carbonyl (C=O) groups excluding carboxylic acids is 1. The van der Waals surface area contributed by atoms with Gasteiger partial charge in [-0.25, -0.2) is 4.57 Å². The van der Waals surface area contributed by atoms with E-state index in [1.54, 1.807) is 13.2 Å². The lowest BCUT2D eigenvalue weighted by Gasteiger charge is -2.13. The van der Waals surface area contributed by atoms with Crippen molar-refractivity contribution in [2.75, 3.05) is 26.9 Å². The molecule has 1 N–H and O–H groups in total. The first-order valence-electron chi connectivity index (χ1n) is 13.3. The number of unbranched alkanes of at least 4 members (excludes halogenated alkanes) is 9. The summed E-state index contributed by atoms with van der Waals surface area (Å²) in [7, 11) is 3.57. The molecular formula is C29H45IN2O4. The molecule has 6 nitrogen and oxygen atoms in total. The van der Waals surface area contributed by atoms with Crippen LogP contribution in [0.25, 0.3) is 0 Å². The average Bonchev–Trinajstić information content (AvgIpc) is 2.87. The van der Waals surface area contributed by atoms with Gasteiger partial charge in [-0.15, -0.1) is 0 Å². The molecule has 0 aliphatic carbocycles. The van der Waals surface area contributed by atoms with E-state index in [-0.39, 0.29) is 36.5 Å². The number of rotatable bonds is 19. The fourth-order valence-electron chi connectivity index (χ4n) is 3.88. The van der Waals surface area contributed by atoms with Gasteiger partial charge >= 0.3 is 0 Å². The highest BCUT2D eigenvalue weighted by atomic mass is 127. The van der Waals surface area contributed by atoms with E-state index < -0.39 is 0 Å². The number of ether oxygens (including phenoxy) is 3. The molecule has 0 radical (unpaired) electrons. The molecule has 0 fully saturated rings. The minimum atomic E-state index is -0.158. The second kappa shape index (κ2) is 20.1. The van der Waals surface area contributed by atoms with Gasteiger partial charge in [-0.3, -0.25) is 4.79 Å². The monoisotopic (exact) mass is 612 g/mol. The second-order valence-corrected chi connectivity index (χ2v) is 9.10. The third-order valence-electron chi connectivity index (χ3n) is 6.04. The van der Waals surface area contributed by atoms with Crippen LogP contribution >= 0.6 is 0 Å². The Labute approximate surface area is 235 Å². The van der Waals surface area contributed by atoms with E-state index in [9.17, 15) is 4.79 Å². The molecule has 0 saturated heterocycles. The van der Waals surface area contributed by atoms with Crippen molar-refractivity contribution in [2.45, 2.75) is 77.6 Å². The molecule has 0 aliphatic rings. The molecule has 1 amide bonds. The Bertz CT molecular complexity index is 846. The van der Waals surface area contributed by atoms with Crippen molar-refractivity contribution in [3.8, 4) is 17.2 Å². The molecule has 1 heterocycles. The zero-order valence-electron chi connectivity index (χ0n) is 22.4. The summed E-state index contributed by atoms with van der Waals surface area (Å²) in [6.07, 6.45) is 17.8. The zero-order chi connectivity index (χ0) is 25.1. The molecular weight excluding hydrogens is 567 g/mol. The summed E-state index contributed by atoms with van der Waals surface area (Å²) in [6, 6.07) is 9.58. The van der Waals surface area contributed by atoms with Crippen LogP contribution in [0, 0.1) is 0 Å². The Hall–Kier alpha value is -2.03. The zero-order valence-corrected chi connectivity index (χ0v) is 24.6. The number of pyridine rings is 1. The molecule has 2 aromatic rings. The first-order chi connectivity index (χ1) is 17.1. The molecule has 0 bridgehead atoms. The normalized spacial score (nSPS) is 10.4. The third-order valence-corrected chi connectivity index (χ3v) is 6.04. The van der Waals surface area contributed by atoms with E-state index in [0.717, 1.165) is 18.6 Å². The smallest absolute Gasteiger partial charge is 0.257 e. The van der Waals surface area contributed by atoms with Crippen LogP contribution in [0.15, 0.2) is 42.7 Å². The Morgan fingerprint density at radius 1 is 0.861 bits per heavy atom. The van der Waals surface area contributed by atoms with Gasteiger partial charge in [0.1, 0.15) is 12.8 Å². The maximum Gasteiger partial charge on any atom is 0.257 e.